The van der Waals surface area contributed by atoms with Gasteiger partial charge in [0, 0.05) is 10.9 Å². The van der Waals surface area contributed by atoms with E-state index in [2.05, 4.69) is 10.7 Å². The fourth-order valence-electron chi connectivity index (χ4n) is 2.34. The van der Waals surface area contributed by atoms with Crippen molar-refractivity contribution in [1.29, 1.82) is 0 Å². The molecule has 1 saturated heterocycles. The molecule has 1 aromatic rings. The van der Waals surface area contributed by atoms with E-state index >= 15 is 0 Å². The van der Waals surface area contributed by atoms with Crippen molar-refractivity contribution in [3.63, 3.8) is 0 Å². The van der Waals surface area contributed by atoms with Crippen molar-refractivity contribution in [1.82, 2.24) is 15.8 Å². The second kappa shape index (κ2) is 4.79. The van der Waals surface area contributed by atoms with Crippen LogP contribution < -0.4 is 10.7 Å². The van der Waals surface area contributed by atoms with E-state index in [1.165, 1.54) is 0 Å². The molecule has 2 fully saturated rings. The Kier molecular flexibility index (Phi) is 3.10. The molecule has 1 aliphatic heterocycles. The minimum atomic E-state index is -0.594. The molecule has 0 bridgehead atoms. The van der Waals surface area contributed by atoms with Crippen LogP contribution in [0.15, 0.2) is 24.3 Å². The second-order valence-corrected chi connectivity index (χ2v) is 5.36. The summed E-state index contributed by atoms with van der Waals surface area (Å²) in [7, 11) is 0. The molecule has 2 aliphatic rings. The van der Waals surface area contributed by atoms with Gasteiger partial charge in [-0.15, -0.1) is 0 Å². The maximum atomic E-state index is 12.0. The lowest BCUT2D eigenvalue weighted by Crippen LogP contribution is -2.45. The quantitative estimate of drug-likeness (QED) is 0.817. The predicted molar refractivity (Wildman–Crippen MR) is 70.7 cm³/mol. The normalized spacial score (nSPS) is 24.6. The largest absolute Gasteiger partial charge is 0.343 e. The monoisotopic (exact) mass is 293 g/mol. The van der Waals surface area contributed by atoms with Gasteiger partial charge in [0.2, 0.25) is 11.8 Å². The zero-order valence-electron chi connectivity index (χ0n) is 10.4. The third-order valence-electron chi connectivity index (χ3n) is 3.44. The van der Waals surface area contributed by atoms with Gasteiger partial charge in [0.05, 0.1) is 0 Å². The Morgan fingerprint density at radius 1 is 1.40 bits per heavy atom. The number of rotatable bonds is 3. The lowest BCUT2D eigenvalue weighted by Gasteiger charge is -2.14. The molecule has 0 radical (unpaired) electrons. The Morgan fingerprint density at radius 3 is 2.85 bits per heavy atom. The van der Waals surface area contributed by atoms with Crippen molar-refractivity contribution in [3.05, 3.63) is 34.9 Å². The SMILES string of the molecule is O=C1CN(NC(=O)[C@H]2C[C@H]2c2cccc(Cl)c2)C(=O)N1. The first-order valence-electron chi connectivity index (χ1n) is 6.22. The van der Waals surface area contributed by atoms with Crippen LogP contribution in [0, 0.1) is 5.92 Å². The zero-order chi connectivity index (χ0) is 14.3. The van der Waals surface area contributed by atoms with Gasteiger partial charge >= 0.3 is 6.03 Å². The Labute approximate surface area is 120 Å². The molecular formula is C13H12ClN3O3. The van der Waals surface area contributed by atoms with Gasteiger partial charge in [0.1, 0.15) is 6.54 Å². The number of nitrogens with zero attached hydrogens (tertiary/aromatic N) is 1. The van der Waals surface area contributed by atoms with Crippen LogP contribution in [0.1, 0.15) is 17.9 Å². The molecule has 1 aliphatic carbocycles. The van der Waals surface area contributed by atoms with Crippen molar-refractivity contribution in [2.45, 2.75) is 12.3 Å². The molecule has 2 atom stereocenters. The van der Waals surface area contributed by atoms with Crippen LogP contribution in [-0.2, 0) is 9.59 Å². The average molecular weight is 294 g/mol. The number of halogens is 1. The summed E-state index contributed by atoms with van der Waals surface area (Å²) in [6, 6.07) is 6.80. The van der Waals surface area contributed by atoms with Crippen LogP contribution >= 0.6 is 11.6 Å². The molecular weight excluding hydrogens is 282 g/mol. The van der Waals surface area contributed by atoms with E-state index in [1.54, 1.807) is 6.07 Å². The molecule has 20 heavy (non-hydrogen) atoms. The van der Waals surface area contributed by atoms with E-state index < -0.39 is 11.9 Å². The van der Waals surface area contributed by atoms with Crippen LogP contribution in [0.4, 0.5) is 4.79 Å². The van der Waals surface area contributed by atoms with E-state index in [9.17, 15) is 14.4 Å². The molecule has 1 aromatic carbocycles. The van der Waals surface area contributed by atoms with Gasteiger partial charge in [-0.05, 0) is 30.0 Å². The Morgan fingerprint density at radius 2 is 2.20 bits per heavy atom. The summed E-state index contributed by atoms with van der Waals surface area (Å²) in [5.74, 6) is -0.732. The van der Waals surface area contributed by atoms with Crippen LogP contribution in [0.25, 0.3) is 0 Å². The summed E-state index contributed by atoms with van der Waals surface area (Å²) in [5.41, 5.74) is 3.48. The summed E-state index contributed by atoms with van der Waals surface area (Å²) >= 11 is 5.92. The molecule has 3 rings (SSSR count). The van der Waals surface area contributed by atoms with Crippen molar-refractivity contribution in [3.8, 4) is 0 Å². The number of carbonyl (C=O) groups is 3. The van der Waals surface area contributed by atoms with E-state index in [4.69, 9.17) is 11.6 Å². The topological polar surface area (TPSA) is 78.5 Å². The van der Waals surface area contributed by atoms with E-state index in [0.29, 0.717) is 5.02 Å². The molecule has 104 valence electrons. The third-order valence-corrected chi connectivity index (χ3v) is 3.68. The Bertz CT molecular complexity index is 604. The molecule has 2 N–H and O–H groups in total. The van der Waals surface area contributed by atoms with Crippen molar-refractivity contribution >= 4 is 29.4 Å². The van der Waals surface area contributed by atoms with E-state index in [1.807, 2.05) is 18.2 Å². The van der Waals surface area contributed by atoms with Crippen molar-refractivity contribution < 1.29 is 14.4 Å². The minimum Gasteiger partial charge on any atom is -0.275 e. The number of hydrazine groups is 1. The summed E-state index contributed by atoms with van der Waals surface area (Å²) in [6.45, 7) is -0.140. The van der Waals surface area contributed by atoms with Crippen LogP contribution in [-0.4, -0.2) is 29.4 Å². The second-order valence-electron chi connectivity index (χ2n) is 4.92. The highest BCUT2D eigenvalue weighted by molar-refractivity contribution is 6.30. The molecule has 7 heteroatoms. The first-order valence-corrected chi connectivity index (χ1v) is 6.59. The number of amides is 4. The van der Waals surface area contributed by atoms with Gasteiger partial charge in [-0.1, -0.05) is 23.7 Å². The molecule has 0 unspecified atom stereocenters. The van der Waals surface area contributed by atoms with Gasteiger partial charge in [-0.2, -0.15) is 0 Å². The summed E-state index contributed by atoms with van der Waals surface area (Å²) in [5, 5.41) is 3.73. The zero-order valence-corrected chi connectivity index (χ0v) is 11.2. The number of urea groups is 1. The number of benzene rings is 1. The van der Waals surface area contributed by atoms with E-state index in [-0.39, 0.29) is 24.3 Å². The first-order chi connectivity index (χ1) is 9.54. The highest BCUT2D eigenvalue weighted by atomic mass is 35.5. The molecule has 1 heterocycles. The number of hydrogen-bond donors (Lipinski definition) is 2. The standard InChI is InChI=1S/C13H12ClN3O3/c14-8-3-1-2-7(4-8)9-5-10(9)12(19)16-17-6-11(18)15-13(17)20/h1-4,9-10H,5-6H2,(H,16,19)(H,15,18,20)/t9-,10-/m0/s1. The fourth-order valence-corrected chi connectivity index (χ4v) is 2.54. The maximum Gasteiger partial charge on any atom is 0.343 e. The van der Waals surface area contributed by atoms with Crippen molar-refractivity contribution in [2.24, 2.45) is 5.92 Å². The molecule has 4 amide bonds. The molecule has 0 aromatic heterocycles. The highest BCUT2D eigenvalue weighted by Gasteiger charge is 2.45. The van der Waals surface area contributed by atoms with Crippen LogP contribution in [0.3, 0.4) is 0 Å². The van der Waals surface area contributed by atoms with E-state index in [0.717, 1.165) is 17.0 Å². The highest BCUT2D eigenvalue weighted by Crippen LogP contribution is 2.47. The number of hydrogen-bond acceptors (Lipinski definition) is 3. The number of imide groups is 1. The lowest BCUT2D eigenvalue weighted by molar-refractivity contribution is -0.126. The maximum absolute atomic E-state index is 12.0. The smallest absolute Gasteiger partial charge is 0.275 e. The predicted octanol–water partition coefficient (Wildman–Crippen LogP) is 1.03. The Hall–Kier alpha value is -2.08. The first kappa shape index (κ1) is 12.9. The molecule has 0 spiro atoms. The summed E-state index contributed by atoms with van der Waals surface area (Å²) in [6.07, 6.45) is 0.718. The van der Waals surface area contributed by atoms with Gasteiger partial charge in [-0.25, -0.2) is 9.80 Å². The third kappa shape index (κ3) is 2.46. The van der Waals surface area contributed by atoms with Crippen molar-refractivity contribution in [2.75, 3.05) is 6.54 Å². The number of carbonyl (C=O) groups excluding carboxylic acids is 3. The van der Waals surface area contributed by atoms with Gasteiger partial charge in [0.25, 0.3) is 0 Å². The van der Waals surface area contributed by atoms with Crippen LogP contribution in [0.5, 0.6) is 0 Å². The number of nitrogens with one attached hydrogen (secondary N) is 2. The summed E-state index contributed by atoms with van der Waals surface area (Å²) in [4.78, 5) is 34.3. The lowest BCUT2D eigenvalue weighted by atomic mass is 10.1. The Balaban J connectivity index is 1.60. The van der Waals surface area contributed by atoms with Gasteiger partial charge in [0.15, 0.2) is 0 Å². The van der Waals surface area contributed by atoms with Gasteiger partial charge < -0.3 is 0 Å². The summed E-state index contributed by atoms with van der Waals surface area (Å²) < 4.78 is 0. The minimum absolute atomic E-state index is 0.120. The van der Waals surface area contributed by atoms with Crippen LogP contribution in [0.2, 0.25) is 5.02 Å². The average Bonchev–Trinajstić information content (AvgIpc) is 3.12. The molecule has 1 saturated carbocycles. The molecule has 6 nitrogen and oxygen atoms in total. The van der Waals surface area contributed by atoms with Gasteiger partial charge in [-0.3, -0.25) is 20.3 Å². The fraction of sp³-hybridized carbons (Fsp3) is 0.308.